The fourth-order valence-electron chi connectivity index (χ4n) is 3.23. The molecular weight excluding hydrogens is 290 g/mol. The summed E-state index contributed by atoms with van der Waals surface area (Å²) in [5.74, 6) is 0.770. The van der Waals surface area contributed by atoms with E-state index in [-0.39, 0.29) is 5.41 Å². The Morgan fingerprint density at radius 1 is 1.28 bits per heavy atom. The summed E-state index contributed by atoms with van der Waals surface area (Å²) >= 11 is 3.48. The number of hydrogen-bond acceptors (Lipinski definition) is 2. The lowest BCUT2D eigenvalue weighted by molar-refractivity contribution is 0.0345. The van der Waals surface area contributed by atoms with Crippen LogP contribution in [0.5, 0.6) is 0 Å². The van der Waals surface area contributed by atoms with Gasteiger partial charge in [-0.2, -0.15) is 0 Å². The van der Waals surface area contributed by atoms with E-state index in [2.05, 4.69) is 40.2 Å². The molecule has 2 N–H and O–H groups in total. The van der Waals surface area contributed by atoms with Gasteiger partial charge in [-0.3, -0.25) is 0 Å². The molecule has 1 aliphatic carbocycles. The van der Waals surface area contributed by atoms with Gasteiger partial charge in [0.25, 0.3) is 0 Å². The molecule has 1 saturated heterocycles. The molecule has 0 amide bonds. The molecule has 98 valence electrons. The average Bonchev–Trinajstić information content (AvgIpc) is 3.14. The van der Waals surface area contributed by atoms with Gasteiger partial charge in [0.1, 0.15) is 0 Å². The molecule has 0 aromatic heterocycles. The van der Waals surface area contributed by atoms with Crippen molar-refractivity contribution >= 4 is 15.9 Å². The van der Waals surface area contributed by atoms with Crippen molar-refractivity contribution < 1.29 is 4.74 Å². The van der Waals surface area contributed by atoms with Crippen LogP contribution in [0.25, 0.3) is 0 Å². The fourth-order valence-corrected chi connectivity index (χ4v) is 3.50. The molecule has 2 unspecified atom stereocenters. The second-order valence-electron chi connectivity index (χ2n) is 5.75. The largest absolute Gasteiger partial charge is 0.377 e. The van der Waals surface area contributed by atoms with Gasteiger partial charge < -0.3 is 10.5 Å². The number of hydrogen-bond donors (Lipinski definition) is 1. The minimum Gasteiger partial charge on any atom is -0.377 e. The molecule has 1 aromatic carbocycles. The van der Waals surface area contributed by atoms with Crippen molar-refractivity contribution in [3.8, 4) is 0 Å². The van der Waals surface area contributed by atoms with E-state index < -0.39 is 0 Å². The van der Waals surface area contributed by atoms with Gasteiger partial charge in [0.2, 0.25) is 0 Å². The molecule has 1 saturated carbocycles. The molecule has 18 heavy (non-hydrogen) atoms. The summed E-state index contributed by atoms with van der Waals surface area (Å²) in [4.78, 5) is 0. The zero-order valence-electron chi connectivity index (χ0n) is 10.6. The van der Waals surface area contributed by atoms with Crippen LogP contribution in [0, 0.1) is 11.3 Å². The number of nitrogens with two attached hydrogens (primary N) is 1. The third-order valence-electron chi connectivity index (χ3n) is 4.43. The molecule has 1 heterocycles. The molecule has 3 rings (SSSR count). The normalized spacial score (nSPS) is 31.8. The molecule has 1 aromatic rings. The summed E-state index contributed by atoms with van der Waals surface area (Å²) in [5, 5.41) is 0. The van der Waals surface area contributed by atoms with Gasteiger partial charge in [0.15, 0.2) is 0 Å². The molecule has 2 aliphatic rings. The van der Waals surface area contributed by atoms with Crippen LogP contribution in [0.1, 0.15) is 24.8 Å². The van der Waals surface area contributed by atoms with Crippen LogP contribution in [0.2, 0.25) is 0 Å². The molecule has 0 radical (unpaired) electrons. The van der Waals surface area contributed by atoms with Crippen molar-refractivity contribution in [3.63, 3.8) is 0 Å². The predicted molar refractivity (Wildman–Crippen MR) is 76.4 cm³/mol. The van der Waals surface area contributed by atoms with Crippen LogP contribution in [0.15, 0.2) is 28.7 Å². The summed E-state index contributed by atoms with van der Waals surface area (Å²) in [6, 6.07) is 8.62. The molecule has 0 bridgehead atoms. The van der Waals surface area contributed by atoms with E-state index in [1.54, 1.807) is 0 Å². The van der Waals surface area contributed by atoms with Crippen molar-refractivity contribution in [2.75, 3.05) is 13.2 Å². The topological polar surface area (TPSA) is 35.2 Å². The number of rotatable bonds is 4. The molecule has 0 spiro atoms. The molecule has 2 nitrogen and oxygen atoms in total. The van der Waals surface area contributed by atoms with Gasteiger partial charge in [-0.1, -0.05) is 28.1 Å². The first-order valence-electron chi connectivity index (χ1n) is 6.80. The van der Waals surface area contributed by atoms with Gasteiger partial charge in [0.05, 0.1) is 6.10 Å². The summed E-state index contributed by atoms with van der Waals surface area (Å²) in [5.41, 5.74) is 7.66. The fraction of sp³-hybridized carbons (Fsp3) is 0.600. The Morgan fingerprint density at radius 3 is 2.61 bits per heavy atom. The lowest BCUT2D eigenvalue weighted by Crippen LogP contribution is -2.41. The first kappa shape index (κ1) is 12.6. The van der Waals surface area contributed by atoms with E-state index >= 15 is 0 Å². The summed E-state index contributed by atoms with van der Waals surface area (Å²) in [7, 11) is 0. The minimum atomic E-state index is 0.176. The first-order chi connectivity index (χ1) is 8.73. The Kier molecular flexibility index (Phi) is 3.48. The second-order valence-corrected chi connectivity index (χ2v) is 6.66. The standard InChI is InChI=1S/C15H20BrNO/c16-13-5-1-11(2-6-13)9-15(10-17)7-8-18-14(15)12-3-4-12/h1-2,5-6,12,14H,3-4,7-10,17H2. The van der Waals surface area contributed by atoms with E-state index in [1.165, 1.54) is 18.4 Å². The highest BCUT2D eigenvalue weighted by molar-refractivity contribution is 9.10. The average molecular weight is 310 g/mol. The summed E-state index contributed by atoms with van der Waals surface area (Å²) < 4.78 is 7.12. The molecule has 3 heteroatoms. The van der Waals surface area contributed by atoms with Crippen LogP contribution in [-0.4, -0.2) is 19.3 Å². The van der Waals surface area contributed by atoms with Crippen molar-refractivity contribution in [1.82, 2.24) is 0 Å². The van der Waals surface area contributed by atoms with Gasteiger partial charge in [-0.25, -0.2) is 0 Å². The van der Waals surface area contributed by atoms with E-state index in [1.807, 2.05) is 0 Å². The lowest BCUT2D eigenvalue weighted by atomic mass is 9.74. The van der Waals surface area contributed by atoms with Crippen LogP contribution in [0.4, 0.5) is 0 Å². The van der Waals surface area contributed by atoms with Gasteiger partial charge >= 0.3 is 0 Å². The zero-order valence-corrected chi connectivity index (χ0v) is 12.2. The Bertz CT molecular complexity index is 415. The van der Waals surface area contributed by atoms with Crippen LogP contribution >= 0.6 is 15.9 Å². The van der Waals surface area contributed by atoms with Crippen LogP contribution < -0.4 is 5.73 Å². The van der Waals surface area contributed by atoms with E-state index in [4.69, 9.17) is 10.5 Å². The summed E-state index contributed by atoms with van der Waals surface area (Å²) in [6.45, 7) is 1.62. The van der Waals surface area contributed by atoms with Crippen molar-refractivity contribution in [2.24, 2.45) is 17.1 Å². The molecule has 2 fully saturated rings. The SMILES string of the molecule is NCC1(Cc2ccc(Br)cc2)CCOC1C1CC1. The maximum atomic E-state index is 6.11. The maximum absolute atomic E-state index is 6.11. The smallest absolute Gasteiger partial charge is 0.0675 e. The van der Waals surface area contributed by atoms with Gasteiger partial charge in [-0.05, 0) is 49.3 Å². The number of halogens is 1. The lowest BCUT2D eigenvalue weighted by Gasteiger charge is -2.33. The molecule has 2 atom stereocenters. The second kappa shape index (κ2) is 4.95. The van der Waals surface area contributed by atoms with E-state index in [0.29, 0.717) is 6.10 Å². The Labute approximate surface area is 117 Å². The van der Waals surface area contributed by atoms with E-state index in [0.717, 1.165) is 36.4 Å². The van der Waals surface area contributed by atoms with Gasteiger partial charge in [0, 0.05) is 23.0 Å². The third-order valence-corrected chi connectivity index (χ3v) is 4.96. The minimum absolute atomic E-state index is 0.176. The highest BCUT2D eigenvalue weighted by Gasteiger charge is 2.49. The van der Waals surface area contributed by atoms with Crippen LogP contribution in [0.3, 0.4) is 0 Å². The molecule has 1 aliphatic heterocycles. The predicted octanol–water partition coefficient (Wildman–Crippen LogP) is 3.14. The molecular formula is C15H20BrNO. The van der Waals surface area contributed by atoms with Crippen molar-refractivity contribution in [3.05, 3.63) is 34.3 Å². The summed E-state index contributed by atoms with van der Waals surface area (Å²) in [6.07, 6.45) is 5.21. The Balaban J connectivity index is 1.80. The number of ether oxygens (including phenoxy) is 1. The Morgan fingerprint density at radius 2 is 2.00 bits per heavy atom. The third kappa shape index (κ3) is 2.36. The number of benzene rings is 1. The maximum Gasteiger partial charge on any atom is 0.0675 e. The van der Waals surface area contributed by atoms with E-state index in [9.17, 15) is 0 Å². The van der Waals surface area contributed by atoms with Gasteiger partial charge in [-0.15, -0.1) is 0 Å². The van der Waals surface area contributed by atoms with Crippen molar-refractivity contribution in [2.45, 2.75) is 31.8 Å². The zero-order chi connectivity index (χ0) is 12.6. The highest BCUT2D eigenvalue weighted by atomic mass is 79.9. The highest BCUT2D eigenvalue weighted by Crippen LogP contribution is 2.48. The van der Waals surface area contributed by atoms with Crippen molar-refractivity contribution in [1.29, 1.82) is 0 Å². The Hall–Kier alpha value is -0.380. The van der Waals surface area contributed by atoms with Crippen LogP contribution in [-0.2, 0) is 11.2 Å². The quantitative estimate of drug-likeness (QED) is 0.927. The first-order valence-corrected chi connectivity index (χ1v) is 7.59. The monoisotopic (exact) mass is 309 g/mol.